The fraction of sp³-hybridized carbons (Fsp3) is 0.300. The highest BCUT2D eigenvalue weighted by Crippen LogP contribution is 2.27. The molecule has 1 heterocycles. The maximum atomic E-state index is 11.0. The molecule has 0 saturated heterocycles. The van der Waals surface area contributed by atoms with Gasteiger partial charge in [0.05, 0.1) is 5.56 Å². The van der Waals surface area contributed by atoms with Crippen molar-refractivity contribution in [1.29, 1.82) is 0 Å². The Morgan fingerprint density at radius 2 is 1.96 bits per heavy atom. The zero-order chi connectivity index (χ0) is 19.1. The van der Waals surface area contributed by atoms with E-state index < -0.39 is 5.97 Å². The molecule has 0 aliphatic carbocycles. The number of aliphatic imine (C=N–C) groups is 1. The normalized spacial score (nSPS) is 12.8. The van der Waals surface area contributed by atoms with E-state index in [9.17, 15) is 4.79 Å². The highest BCUT2D eigenvalue weighted by Gasteiger charge is 2.18. The number of aromatic carboxylic acids is 1. The molecule has 2 rings (SSSR count). The van der Waals surface area contributed by atoms with Crippen molar-refractivity contribution in [2.24, 2.45) is 4.99 Å². The standard InChI is InChI=1S/C20H25N3O2S/c1-5-14(3)17(6-2)21-19(18-8-7-13-26-18)23(4)22-16-11-9-15(10-12-16)20(24)25/h7-13,19,22H,3,5-6H2,1-2,4H3,(H,24,25)/b21-17-. The first-order valence-corrected chi connectivity index (χ1v) is 9.45. The number of hydrogen-bond donors (Lipinski definition) is 2. The number of benzene rings is 1. The molecule has 2 aromatic rings. The molecular weight excluding hydrogens is 346 g/mol. The highest BCUT2D eigenvalue weighted by atomic mass is 32.1. The van der Waals surface area contributed by atoms with Crippen LogP contribution in [0.3, 0.4) is 0 Å². The first-order valence-electron chi connectivity index (χ1n) is 8.57. The average molecular weight is 372 g/mol. The van der Waals surface area contributed by atoms with Crippen LogP contribution in [0.15, 0.2) is 58.9 Å². The molecular formula is C20H25N3O2S. The maximum Gasteiger partial charge on any atom is 0.335 e. The zero-order valence-electron chi connectivity index (χ0n) is 15.4. The Bertz CT molecular complexity index is 767. The lowest BCUT2D eigenvalue weighted by atomic mass is 10.1. The molecule has 5 nitrogen and oxygen atoms in total. The molecule has 1 aromatic heterocycles. The molecule has 0 saturated carbocycles. The molecule has 1 unspecified atom stereocenters. The summed E-state index contributed by atoms with van der Waals surface area (Å²) in [6.45, 7) is 8.30. The van der Waals surface area contributed by atoms with Gasteiger partial charge in [-0.1, -0.05) is 26.5 Å². The SMILES string of the molecule is C=C(CC)/C(CC)=N\C(c1cccs1)N(C)Nc1ccc(C(=O)O)cc1. The van der Waals surface area contributed by atoms with Crippen molar-refractivity contribution < 1.29 is 9.90 Å². The molecule has 0 bridgehead atoms. The van der Waals surface area contributed by atoms with Crippen LogP contribution in [0.1, 0.15) is 48.1 Å². The number of carbonyl (C=O) groups is 1. The Kier molecular flexibility index (Phi) is 7.12. The summed E-state index contributed by atoms with van der Waals surface area (Å²) in [6, 6.07) is 10.7. The van der Waals surface area contributed by atoms with E-state index in [-0.39, 0.29) is 11.7 Å². The lowest BCUT2D eigenvalue weighted by molar-refractivity contribution is 0.0697. The van der Waals surface area contributed by atoms with Crippen molar-refractivity contribution in [3.63, 3.8) is 0 Å². The van der Waals surface area contributed by atoms with Crippen LogP contribution in [0.5, 0.6) is 0 Å². The number of carboxylic acid groups (broad SMARTS) is 1. The number of anilines is 1. The number of nitrogens with one attached hydrogen (secondary N) is 1. The van der Waals surface area contributed by atoms with Gasteiger partial charge < -0.3 is 10.5 Å². The van der Waals surface area contributed by atoms with E-state index in [2.05, 4.69) is 31.9 Å². The molecule has 0 fully saturated rings. The van der Waals surface area contributed by atoms with Gasteiger partial charge in [0, 0.05) is 23.3 Å². The molecule has 1 atom stereocenters. The fourth-order valence-corrected chi connectivity index (χ4v) is 3.32. The summed E-state index contributed by atoms with van der Waals surface area (Å²) >= 11 is 1.65. The fourth-order valence-electron chi connectivity index (χ4n) is 2.52. The van der Waals surface area contributed by atoms with Gasteiger partial charge in [-0.25, -0.2) is 4.79 Å². The quantitative estimate of drug-likeness (QED) is 0.468. The highest BCUT2D eigenvalue weighted by molar-refractivity contribution is 7.10. The smallest absolute Gasteiger partial charge is 0.335 e. The number of thiophene rings is 1. The number of hydrazine groups is 1. The summed E-state index contributed by atoms with van der Waals surface area (Å²) in [5, 5.41) is 13.0. The van der Waals surface area contributed by atoms with Gasteiger partial charge in [0.25, 0.3) is 0 Å². The lowest BCUT2D eigenvalue weighted by Crippen LogP contribution is -2.29. The minimum Gasteiger partial charge on any atom is -0.478 e. The van der Waals surface area contributed by atoms with Gasteiger partial charge in [-0.05, 0) is 54.1 Å². The average Bonchev–Trinajstić information content (AvgIpc) is 3.16. The van der Waals surface area contributed by atoms with Gasteiger partial charge in [-0.3, -0.25) is 4.99 Å². The van der Waals surface area contributed by atoms with E-state index in [1.807, 2.05) is 23.5 Å². The Morgan fingerprint density at radius 1 is 1.27 bits per heavy atom. The largest absolute Gasteiger partial charge is 0.478 e. The second-order valence-electron chi connectivity index (χ2n) is 5.88. The van der Waals surface area contributed by atoms with Crippen LogP contribution in [0, 0.1) is 0 Å². The van der Waals surface area contributed by atoms with Gasteiger partial charge in [0.2, 0.25) is 0 Å². The first kappa shape index (κ1) is 19.9. The van der Waals surface area contributed by atoms with Crippen molar-refractivity contribution in [2.45, 2.75) is 32.9 Å². The molecule has 0 aliphatic heterocycles. The number of carboxylic acids is 1. The van der Waals surface area contributed by atoms with Crippen LogP contribution in [-0.4, -0.2) is 28.8 Å². The topological polar surface area (TPSA) is 64.9 Å². The predicted molar refractivity (Wildman–Crippen MR) is 109 cm³/mol. The van der Waals surface area contributed by atoms with Gasteiger partial charge in [0.15, 0.2) is 6.17 Å². The van der Waals surface area contributed by atoms with E-state index >= 15 is 0 Å². The predicted octanol–water partition coefficient (Wildman–Crippen LogP) is 5.22. The summed E-state index contributed by atoms with van der Waals surface area (Å²) in [7, 11) is 1.93. The minimum absolute atomic E-state index is 0.188. The lowest BCUT2D eigenvalue weighted by Gasteiger charge is -2.27. The molecule has 0 radical (unpaired) electrons. The number of rotatable bonds is 9. The van der Waals surface area contributed by atoms with Crippen molar-refractivity contribution in [2.75, 3.05) is 12.5 Å². The third kappa shape index (κ3) is 5.03. The number of nitrogens with zero attached hydrogens (tertiary/aromatic N) is 2. The van der Waals surface area contributed by atoms with Crippen molar-refractivity contribution in [3.8, 4) is 0 Å². The van der Waals surface area contributed by atoms with E-state index in [0.717, 1.165) is 34.7 Å². The van der Waals surface area contributed by atoms with Crippen LogP contribution in [0.25, 0.3) is 0 Å². The van der Waals surface area contributed by atoms with E-state index in [1.54, 1.807) is 35.6 Å². The number of allylic oxidation sites excluding steroid dienone is 1. The molecule has 0 spiro atoms. The minimum atomic E-state index is -0.934. The summed E-state index contributed by atoms with van der Waals surface area (Å²) in [5.41, 5.74) is 6.43. The maximum absolute atomic E-state index is 11.0. The van der Waals surface area contributed by atoms with Crippen molar-refractivity contribution >= 4 is 28.7 Å². The summed E-state index contributed by atoms with van der Waals surface area (Å²) < 4.78 is 0. The molecule has 1 aromatic carbocycles. The molecule has 26 heavy (non-hydrogen) atoms. The Balaban J connectivity index is 2.26. The summed E-state index contributed by atoms with van der Waals surface area (Å²) in [4.78, 5) is 17.1. The van der Waals surface area contributed by atoms with Gasteiger partial charge in [0.1, 0.15) is 0 Å². The summed E-state index contributed by atoms with van der Waals surface area (Å²) in [6.07, 6.45) is 1.51. The van der Waals surface area contributed by atoms with Crippen molar-refractivity contribution in [1.82, 2.24) is 5.01 Å². The van der Waals surface area contributed by atoms with Crippen LogP contribution < -0.4 is 5.43 Å². The van der Waals surface area contributed by atoms with Crippen LogP contribution in [0.2, 0.25) is 0 Å². The molecule has 2 N–H and O–H groups in total. The Labute approximate surface area is 158 Å². The van der Waals surface area contributed by atoms with Gasteiger partial charge >= 0.3 is 5.97 Å². The molecule has 0 aliphatic rings. The van der Waals surface area contributed by atoms with Crippen LogP contribution in [0.4, 0.5) is 5.69 Å². The second-order valence-corrected chi connectivity index (χ2v) is 6.86. The molecule has 0 amide bonds. The Hall–Kier alpha value is -2.44. The summed E-state index contributed by atoms with van der Waals surface area (Å²) in [5.74, 6) is -0.934. The third-order valence-corrected chi connectivity index (χ3v) is 4.96. The van der Waals surface area contributed by atoms with Crippen LogP contribution >= 0.6 is 11.3 Å². The van der Waals surface area contributed by atoms with E-state index in [0.29, 0.717) is 0 Å². The van der Waals surface area contributed by atoms with E-state index in [1.165, 1.54) is 0 Å². The molecule has 6 heteroatoms. The first-order chi connectivity index (χ1) is 12.5. The number of hydrogen-bond acceptors (Lipinski definition) is 5. The van der Waals surface area contributed by atoms with Crippen LogP contribution in [-0.2, 0) is 0 Å². The third-order valence-electron chi connectivity index (χ3n) is 4.05. The Morgan fingerprint density at radius 3 is 2.46 bits per heavy atom. The van der Waals surface area contributed by atoms with Gasteiger partial charge in [-0.2, -0.15) is 5.01 Å². The zero-order valence-corrected chi connectivity index (χ0v) is 16.2. The van der Waals surface area contributed by atoms with Gasteiger partial charge in [-0.15, -0.1) is 11.3 Å². The second kappa shape index (κ2) is 9.31. The van der Waals surface area contributed by atoms with Crippen molar-refractivity contribution in [3.05, 3.63) is 64.4 Å². The molecule has 138 valence electrons. The van der Waals surface area contributed by atoms with E-state index in [4.69, 9.17) is 10.1 Å². The monoisotopic (exact) mass is 371 g/mol.